The molecule has 2 N–H and O–H groups in total. The highest BCUT2D eigenvalue weighted by atomic mass is 16.2. The van der Waals surface area contributed by atoms with E-state index >= 15 is 0 Å². The first-order valence-electron chi connectivity index (χ1n) is 6.16. The minimum atomic E-state index is 0.287. The summed E-state index contributed by atoms with van der Waals surface area (Å²) in [6.45, 7) is 5.70. The fraction of sp³-hybridized carbons (Fsp3) is 0.571. The highest BCUT2D eigenvalue weighted by molar-refractivity contribution is 5.44. The molecule has 0 bridgehead atoms. The Morgan fingerprint density at radius 3 is 2.38 bits per heavy atom. The lowest BCUT2D eigenvalue weighted by Crippen LogP contribution is -2.02. The van der Waals surface area contributed by atoms with Gasteiger partial charge in [0.25, 0.3) is 0 Å². The van der Waals surface area contributed by atoms with Crippen molar-refractivity contribution in [2.24, 2.45) is 5.92 Å². The van der Waals surface area contributed by atoms with Gasteiger partial charge < -0.3 is 10.4 Å². The second-order valence-electron chi connectivity index (χ2n) is 4.65. The van der Waals surface area contributed by atoms with Crippen LogP contribution in [0, 0.1) is 5.92 Å². The van der Waals surface area contributed by atoms with Crippen molar-refractivity contribution in [2.45, 2.75) is 33.1 Å². The quantitative estimate of drug-likeness (QED) is 0.694. The molecule has 0 saturated carbocycles. The maximum Gasteiger partial charge on any atom is 0.0431 e. The molecule has 1 aromatic rings. The van der Waals surface area contributed by atoms with E-state index in [4.69, 9.17) is 5.11 Å². The summed E-state index contributed by atoms with van der Waals surface area (Å²) in [6.07, 6.45) is 3.04. The van der Waals surface area contributed by atoms with Crippen LogP contribution < -0.4 is 5.32 Å². The molecule has 0 spiro atoms. The van der Waals surface area contributed by atoms with Crippen molar-refractivity contribution in [3.63, 3.8) is 0 Å². The first kappa shape index (κ1) is 13.0. The molecule has 1 aromatic carbocycles. The van der Waals surface area contributed by atoms with Crippen molar-refractivity contribution in [3.05, 3.63) is 29.8 Å². The largest absolute Gasteiger partial charge is 0.396 e. The van der Waals surface area contributed by atoms with Crippen LogP contribution in [-0.4, -0.2) is 18.3 Å². The second kappa shape index (κ2) is 7.29. The molecule has 16 heavy (non-hydrogen) atoms. The summed E-state index contributed by atoms with van der Waals surface area (Å²) in [5.41, 5.74) is 2.57. The molecule has 0 amide bonds. The number of unbranched alkanes of at least 4 members (excludes halogenated alkanes) is 1. The van der Waals surface area contributed by atoms with Gasteiger partial charge in [-0.15, -0.1) is 0 Å². The third-order valence-corrected chi connectivity index (χ3v) is 2.51. The summed E-state index contributed by atoms with van der Waals surface area (Å²) in [6, 6.07) is 8.65. The second-order valence-corrected chi connectivity index (χ2v) is 4.65. The Kier molecular flexibility index (Phi) is 5.94. The first-order valence-corrected chi connectivity index (χ1v) is 6.16. The lowest BCUT2D eigenvalue weighted by atomic mass is 10.0. The van der Waals surface area contributed by atoms with Crippen LogP contribution in [0.25, 0.3) is 0 Å². The average Bonchev–Trinajstić information content (AvgIpc) is 2.26. The van der Waals surface area contributed by atoms with Gasteiger partial charge in [-0.2, -0.15) is 0 Å². The van der Waals surface area contributed by atoms with E-state index in [1.54, 1.807) is 0 Å². The molecule has 0 aliphatic heterocycles. The standard InChI is InChI=1S/C14H23NO/c1-12(2)11-13-5-7-14(8-6-13)15-9-3-4-10-16/h5-8,12,15-16H,3-4,9-11H2,1-2H3. The Hall–Kier alpha value is -1.02. The molecule has 0 fully saturated rings. The SMILES string of the molecule is CC(C)Cc1ccc(NCCCCO)cc1. The van der Waals surface area contributed by atoms with Gasteiger partial charge in [0.2, 0.25) is 0 Å². The smallest absolute Gasteiger partial charge is 0.0431 e. The van der Waals surface area contributed by atoms with Crippen LogP contribution in [-0.2, 0) is 6.42 Å². The highest BCUT2D eigenvalue weighted by Gasteiger charge is 1.97. The Morgan fingerprint density at radius 2 is 1.81 bits per heavy atom. The highest BCUT2D eigenvalue weighted by Crippen LogP contribution is 2.13. The van der Waals surface area contributed by atoms with E-state index in [9.17, 15) is 0 Å². The van der Waals surface area contributed by atoms with E-state index in [1.165, 1.54) is 11.3 Å². The van der Waals surface area contributed by atoms with Crippen LogP contribution in [0.3, 0.4) is 0 Å². The number of rotatable bonds is 7. The number of nitrogens with one attached hydrogen (secondary N) is 1. The van der Waals surface area contributed by atoms with Crippen LogP contribution in [0.5, 0.6) is 0 Å². The van der Waals surface area contributed by atoms with Gasteiger partial charge in [-0.05, 0) is 42.9 Å². The molecule has 0 atom stereocenters. The van der Waals surface area contributed by atoms with E-state index in [2.05, 4.69) is 43.4 Å². The lowest BCUT2D eigenvalue weighted by molar-refractivity contribution is 0.286. The molecule has 2 heteroatoms. The predicted molar refractivity (Wildman–Crippen MR) is 69.8 cm³/mol. The van der Waals surface area contributed by atoms with Crippen molar-refractivity contribution in [1.29, 1.82) is 0 Å². The Morgan fingerprint density at radius 1 is 1.12 bits per heavy atom. The average molecular weight is 221 g/mol. The number of hydrogen-bond donors (Lipinski definition) is 2. The maximum atomic E-state index is 8.66. The van der Waals surface area contributed by atoms with Crippen molar-refractivity contribution in [1.82, 2.24) is 0 Å². The summed E-state index contributed by atoms with van der Waals surface area (Å²) < 4.78 is 0. The van der Waals surface area contributed by atoms with Crippen LogP contribution in [0.2, 0.25) is 0 Å². The molecular weight excluding hydrogens is 198 g/mol. The van der Waals surface area contributed by atoms with Gasteiger partial charge in [0.15, 0.2) is 0 Å². The summed E-state index contributed by atoms with van der Waals surface area (Å²) in [5.74, 6) is 0.711. The normalized spacial score (nSPS) is 10.8. The van der Waals surface area contributed by atoms with Gasteiger partial charge in [-0.1, -0.05) is 26.0 Å². The Balaban J connectivity index is 2.33. The molecule has 0 aliphatic carbocycles. The first-order chi connectivity index (χ1) is 7.72. The Labute approximate surface area is 98.7 Å². The maximum absolute atomic E-state index is 8.66. The fourth-order valence-electron chi connectivity index (χ4n) is 1.70. The number of anilines is 1. The molecular formula is C14H23NO. The van der Waals surface area contributed by atoms with Crippen LogP contribution in [0.15, 0.2) is 24.3 Å². The third kappa shape index (κ3) is 5.17. The summed E-state index contributed by atoms with van der Waals surface area (Å²) in [7, 11) is 0. The van der Waals surface area contributed by atoms with E-state index in [1.807, 2.05) is 0 Å². The molecule has 0 saturated heterocycles. The Bertz CT molecular complexity index is 279. The third-order valence-electron chi connectivity index (χ3n) is 2.51. The molecule has 0 unspecified atom stereocenters. The zero-order chi connectivity index (χ0) is 11.8. The number of aliphatic hydroxyl groups excluding tert-OH is 1. The molecule has 1 rings (SSSR count). The molecule has 2 nitrogen and oxygen atoms in total. The van der Waals surface area contributed by atoms with Crippen LogP contribution in [0.1, 0.15) is 32.3 Å². The lowest BCUT2D eigenvalue weighted by Gasteiger charge is -2.08. The fourth-order valence-corrected chi connectivity index (χ4v) is 1.70. The molecule has 0 aliphatic rings. The van der Waals surface area contributed by atoms with Gasteiger partial charge in [0.05, 0.1) is 0 Å². The van der Waals surface area contributed by atoms with Crippen molar-refractivity contribution < 1.29 is 5.11 Å². The van der Waals surface area contributed by atoms with Gasteiger partial charge in [0.1, 0.15) is 0 Å². The van der Waals surface area contributed by atoms with Gasteiger partial charge in [0, 0.05) is 18.8 Å². The topological polar surface area (TPSA) is 32.3 Å². The summed E-state index contributed by atoms with van der Waals surface area (Å²) >= 11 is 0. The number of benzene rings is 1. The van der Waals surface area contributed by atoms with Crippen molar-refractivity contribution in [2.75, 3.05) is 18.5 Å². The van der Waals surface area contributed by atoms with Gasteiger partial charge in [-0.3, -0.25) is 0 Å². The molecule has 0 aromatic heterocycles. The molecule has 90 valence electrons. The minimum Gasteiger partial charge on any atom is -0.396 e. The zero-order valence-electron chi connectivity index (χ0n) is 10.4. The van der Waals surface area contributed by atoms with E-state index in [0.717, 1.165) is 25.8 Å². The predicted octanol–water partition coefficient (Wildman–Crippen LogP) is 3.07. The van der Waals surface area contributed by atoms with Crippen LogP contribution >= 0.6 is 0 Å². The van der Waals surface area contributed by atoms with E-state index < -0.39 is 0 Å². The number of hydrogen-bond acceptors (Lipinski definition) is 2. The molecule has 0 heterocycles. The minimum absolute atomic E-state index is 0.287. The van der Waals surface area contributed by atoms with Crippen molar-refractivity contribution in [3.8, 4) is 0 Å². The van der Waals surface area contributed by atoms with Gasteiger partial charge in [-0.25, -0.2) is 0 Å². The van der Waals surface area contributed by atoms with E-state index in [0.29, 0.717) is 5.92 Å². The van der Waals surface area contributed by atoms with Crippen molar-refractivity contribution >= 4 is 5.69 Å². The van der Waals surface area contributed by atoms with Gasteiger partial charge >= 0.3 is 0 Å². The zero-order valence-corrected chi connectivity index (χ0v) is 10.4. The summed E-state index contributed by atoms with van der Waals surface area (Å²) in [4.78, 5) is 0. The van der Waals surface area contributed by atoms with Crippen LogP contribution in [0.4, 0.5) is 5.69 Å². The summed E-state index contributed by atoms with van der Waals surface area (Å²) in [5, 5.41) is 12.0. The van der Waals surface area contributed by atoms with E-state index in [-0.39, 0.29) is 6.61 Å². The monoisotopic (exact) mass is 221 g/mol. The molecule has 0 radical (unpaired) electrons. The number of aliphatic hydroxyl groups is 1.